The maximum Gasteiger partial charge on any atom is 0.317 e. The molecule has 2 rings (SSSR count). The number of likely N-dealkylation sites (tertiary alicyclic amines) is 1. The number of hydrogen-bond donors (Lipinski definition) is 2. The predicted octanol–water partition coefficient (Wildman–Crippen LogP) is 1.77. The van der Waals surface area contributed by atoms with Gasteiger partial charge in [0.15, 0.2) is 0 Å². The van der Waals surface area contributed by atoms with Crippen molar-refractivity contribution in [2.45, 2.75) is 31.7 Å². The van der Waals surface area contributed by atoms with E-state index in [9.17, 15) is 4.79 Å². The van der Waals surface area contributed by atoms with E-state index in [4.69, 9.17) is 9.84 Å². The Labute approximate surface area is 132 Å². The van der Waals surface area contributed by atoms with Crippen molar-refractivity contribution in [3.8, 4) is 5.75 Å². The highest BCUT2D eigenvalue weighted by molar-refractivity contribution is 5.69. The summed E-state index contributed by atoms with van der Waals surface area (Å²) in [6.45, 7) is 5.13. The molecule has 122 valence electrons. The summed E-state index contributed by atoms with van der Waals surface area (Å²) in [5.74, 6) is 0.113. The average molecular weight is 306 g/mol. The van der Waals surface area contributed by atoms with E-state index in [1.807, 2.05) is 12.1 Å². The third-order valence-electron chi connectivity index (χ3n) is 4.29. The normalized spacial score (nSPS) is 21.9. The van der Waals surface area contributed by atoms with E-state index in [1.54, 1.807) is 7.11 Å². The number of aryl methyl sites for hydroxylation is 1. The smallest absolute Gasteiger partial charge is 0.317 e. The molecule has 0 spiro atoms. The Hall–Kier alpha value is -1.59. The number of ether oxygens (including phenoxy) is 1. The first-order chi connectivity index (χ1) is 10.5. The van der Waals surface area contributed by atoms with Gasteiger partial charge < -0.3 is 20.1 Å². The van der Waals surface area contributed by atoms with E-state index < -0.39 is 5.97 Å². The van der Waals surface area contributed by atoms with E-state index in [0.29, 0.717) is 0 Å². The van der Waals surface area contributed by atoms with E-state index in [-0.39, 0.29) is 12.1 Å². The molecule has 1 aromatic carbocycles. The molecule has 0 aliphatic carbocycles. The lowest BCUT2D eigenvalue weighted by atomic mass is 10.0. The minimum absolute atomic E-state index is 0.0359. The molecule has 0 bridgehead atoms. The number of hydrogen-bond acceptors (Lipinski definition) is 4. The van der Waals surface area contributed by atoms with Gasteiger partial charge in [-0.25, -0.2) is 0 Å². The zero-order chi connectivity index (χ0) is 16.0. The highest BCUT2D eigenvalue weighted by atomic mass is 16.5. The van der Waals surface area contributed by atoms with Crippen LogP contribution in [0.1, 0.15) is 25.3 Å². The second kappa shape index (κ2) is 7.61. The summed E-state index contributed by atoms with van der Waals surface area (Å²) in [4.78, 5) is 13.1. The Kier molecular flexibility index (Phi) is 5.80. The van der Waals surface area contributed by atoms with E-state index in [0.717, 1.165) is 44.6 Å². The molecule has 22 heavy (non-hydrogen) atoms. The summed E-state index contributed by atoms with van der Waals surface area (Å²) in [6, 6.07) is 8.20. The van der Waals surface area contributed by atoms with Crippen LogP contribution in [-0.2, 0) is 11.2 Å². The Balaban J connectivity index is 1.73. The van der Waals surface area contributed by atoms with Gasteiger partial charge in [-0.3, -0.25) is 4.79 Å². The summed E-state index contributed by atoms with van der Waals surface area (Å²) in [7, 11) is 1.69. The number of nitrogens with zero attached hydrogens (tertiary/aromatic N) is 1. The number of methoxy groups -OCH3 is 1. The lowest BCUT2D eigenvalue weighted by Gasteiger charge is -2.25. The van der Waals surface area contributed by atoms with Crippen LogP contribution in [0.15, 0.2) is 24.3 Å². The quantitative estimate of drug-likeness (QED) is 0.766. The minimum atomic E-state index is -0.794. The maximum absolute atomic E-state index is 10.7. The molecule has 1 aliphatic heterocycles. The minimum Gasteiger partial charge on any atom is -0.497 e. The molecule has 5 nitrogen and oxygen atoms in total. The number of carboxylic acids is 1. The molecule has 1 aliphatic rings. The van der Waals surface area contributed by atoms with Crippen LogP contribution < -0.4 is 10.1 Å². The first kappa shape index (κ1) is 16.8. The molecule has 0 amide bonds. The molecule has 0 aromatic heterocycles. The summed E-state index contributed by atoms with van der Waals surface area (Å²) >= 11 is 0. The van der Waals surface area contributed by atoms with Crippen LogP contribution in [-0.4, -0.2) is 54.8 Å². The molecule has 0 radical (unpaired) electrons. The molecule has 0 saturated carbocycles. The van der Waals surface area contributed by atoms with Crippen molar-refractivity contribution >= 4 is 5.97 Å². The van der Waals surface area contributed by atoms with Gasteiger partial charge >= 0.3 is 5.97 Å². The molecule has 5 heteroatoms. The highest BCUT2D eigenvalue weighted by Gasteiger charge is 2.33. The van der Waals surface area contributed by atoms with E-state index >= 15 is 0 Å². The number of rotatable bonds is 8. The topological polar surface area (TPSA) is 61.8 Å². The number of carbonyl (C=O) groups is 1. The summed E-state index contributed by atoms with van der Waals surface area (Å²) in [6.07, 6.45) is 3.13. The van der Waals surface area contributed by atoms with Crippen molar-refractivity contribution in [1.29, 1.82) is 0 Å². The van der Waals surface area contributed by atoms with Gasteiger partial charge in [0.2, 0.25) is 0 Å². The first-order valence-corrected chi connectivity index (χ1v) is 7.83. The fourth-order valence-corrected chi connectivity index (χ4v) is 3.02. The molecular formula is C17H26N2O3. The monoisotopic (exact) mass is 306 g/mol. The Morgan fingerprint density at radius 1 is 1.50 bits per heavy atom. The van der Waals surface area contributed by atoms with Crippen LogP contribution in [0.2, 0.25) is 0 Å². The van der Waals surface area contributed by atoms with Crippen LogP contribution in [0.25, 0.3) is 0 Å². The molecule has 1 heterocycles. The zero-order valence-electron chi connectivity index (χ0n) is 13.5. The van der Waals surface area contributed by atoms with Gasteiger partial charge in [0.05, 0.1) is 13.7 Å². The van der Waals surface area contributed by atoms with Crippen molar-refractivity contribution in [2.75, 3.05) is 33.3 Å². The molecule has 1 saturated heterocycles. The average Bonchev–Trinajstić information content (AvgIpc) is 2.88. The third-order valence-corrected chi connectivity index (χ3v) is 4.29. The fraction of sp³-hybridized carbons (Fsp3) is 0.588. The molecular weight excluding hydrogens is 280 g/mol. The van der Waals surface area contributed by atoms with Gasteiger partial charge in [-0.1, -0.05) is 12.1 Å². The molecule has 1 atom stereocenters. The van der Waals surface area contributed by atoms with Crippen LogP contribution in [0.5, 0.6) is 5.75 Å². The van der Waals surface area contributed by atoms with Gasteiger partial charge in [0.25, 0.3) is 0 Å². The lowest BCUT2D eigenvalue weighted by Crippen LogP contribution is -2.47. The van der Waals surface area contributed by atoms with Gasteiger partial charge in [0, 0.05) is 18.6 Å². The van der Waals surface area contributed by atoms with Crippen LogP contribution in [0.3, 0.4) is 0 Å². The van der Waals surface area contributed by atoms with Crippen molar-refractivity contribution in [3.63, 3.8) is 0 Å². The SMILES string of the molecule is COc1cccc(CCCN2CCC(C)(NCC(=O)O)C2)c1. The maximum atomic E-state index is 10.7. The van der Waals surface area contributed by atoms with Gasteiger partial charge in [-0.2, -0.15) is 0 Å². The standard InChI is InChI=1S/C17H26N2O3/c1-17(18-12-16(20)21)8-10-19(13-17)9-4-6-14-5-3-7-15(11-14)22-2/h3,5,7,11,18H,4,6,8-10,12-13H2,1-2H3,(H,20,21). The molecule has 1 fully saturated rings. The van der Waals surface area contributed by atoms with Crippen LogP contribution in [0.4, 0.5) is 0 Å². The second-order valence-electron chi connectivity index (χ2n) is 6.29. The molecule has 1 aromatic rings. The van der Waals surface area contributed by atoms with Gasteiger partial charge in [-0.05, 0) is 50.4 Å². The highest BCUT2D eigenvalue weighted by Crippen LogP contribution is 2.21. The predicted molar refractivity (Wildman–Crippen MR) is 86.4 cm³/mol. The summed E-state index contributed by atoms with van der Waals surface area (Å²) in [5.41, 5.74) is 1.22. The van der Waals surface area contributed by atoms with Crippen molar-refractivity contribution in [1.82, 2.24) is 10.2 Å². The first-order valence-electron chi connectivity index (χ1n) is 7.83. The molecule has 2 N–H and O–H groups in total. The Morgan fingerprint density at radius 2 is 2.32 bits per heavy atom. The number of nitrogens with one attached hydrogen (secondary N) is 1. The largest absolute Gasteiger partial charge is 0.497 e. The summed E-state index contributed by atoms with van der Waals surface area (Å²) in [5, 5.41) is 11.9. The van der Waals surface area contributed by atoms with Crippen LogP contribution >= 0.6 is 0 Å². The van der Waals surface area contributed by atoms with Crippen LogP contribution in [0, 0.1) is 0 Å². The van der Waals surface area contributed by atoms with Gasteiger partial charge in [-0.15, -0.1) is 0 Å². The third kappa shape index (κ3) is 5.00. The van der Waals surface area contributed by atoms with E-state index in [1.165, 1.54) is 5.56 Å². The van der Waals surface area contributed by atoms with E-state index in [2.05, 4.69) is 29.3 Å². The number of benzene rings is 1. The van der Waals surface area contributed by atoms with Gasteiger partial charge in [0.1, 0.15) is 5.75 Å². The fourth-order valence-electron chi connectivity index (χ4n) is 3.02. The lowest BCUT2D eigenvalue weighted by molar-refractivity contribution is -0.136. The number of aliphatic carboxylic acids is 1. The second-order valence-corrected chi connectivity index (χ2v) is 6.29. The Morgan fingerprint density at radius 3 is 3.05 bits per heavy atom. The molecule has 1 unspecified atom stereocenters. The zero-order valence-corrected chi connectivity index (χ0v) is 13.5. The Bertz CT molecular complexity index is 506. The summed E-state index contributed by atoms with van der Waals surface area (Å²) < 4.78 is 5.24. The van der Waals surface area contributed by atoms with Crippen molar-refractivity contribution in [2.24, 2.45) is 0 Å². The van der Waals surface area contributed by atoms with Crippen molar-refractivity contribution in [3.05, 3.63) is 29.8 Å². The van der Waals surface area contributed by atoms with Crippen molar-refractivity contribution < 1.29 is 14.6 Å². The number of carboxylic acid groups (broad SMARTS) is 1.